The summed E-state index contributed by atoms with van der Waals surface area (Å²) < 4.78 is 29.0. The zero-order valence-corrected chi connectivity index (χ0v) is 23.3. The Bertz CT molecular complexity index is 1300. The van der Waals surface area contributed by atoms with Crippen molar-refractivity contribution < 1.29 is 18.4 Å². The second kappa shape index (κ2) is 10.6. The van der Waals surface area contributed by atoms with E-state index in [1.165, 1.54) is 11.8 Å². The lowest BCUT2D eigenvalue weighted by molar-refractivity contribution is -0.129. The molecule has 2 amide bonds. The fourth-order valence-electron chi connectivity index (χ4n) is 6.45. The number of likely N-dealkylation sites (tertiary alicyclic amines) is 1. The van der Waals surface area contributed by atoms with Crippen molar-refractivity contribution in [3.8, 4) is 0 Å². The van der Waals surface area contributed by atoms with Crippen LogP contribution in [0.2, 0.25) is 0 Å². The molecule has 9 heteroatoms. The highest BCUT2D eigenvalue weighted by molar-refractivity contribution is 8.02. The van der Waals surface area contributed by atoms with Gasteiger partial charge in [0.1, 0.15) is 0 Å². The van der Waals surface area contributed by atoms with Crippen LogP contribution in [0.5, 0.6) is 0 Å². The number of nitrogens with one attached hydrogen (secondary N) is 1. The number of hydrogen-bond donors (Lipinski definition) is 1. The highest BCUT2D eigenvalue weighted by Crippen LogP contribution is 2.43. The van der Waals surface area contributed by atoms with Gasteiger partial charge in [0.05, 0.1) is 11.5 Å². The number of halogens is 2. The lowest BCUT2D eigenvalue weighted by Crippen LogP contribution is -2.53. The minimum absolute atomic E-state index is 0.0119. The van der Waals surface area contributed by atoms with Crippen LogP contribution in [0.25, 0.3) is 10.9 Å². The van der Waals surface area contributed by atoms with Crippen molar-refractivity contribution in [2.75, 3.05) is 25.9 Å². The van der Waals surface area contributed by atoms with Crippen LogP contribution in [0.15, 0.2) is 40.2 Å². The summed E-state index contributed by atoms with van der Waals surface area (Å²) in [6, 6.07) is 8.14. The number of thioether (sulfide) groups is 1. The predicted molar refractivity (Wildman–Crippen MR) is 149 cm³/mol. The average molecular weight is 543 g/mol. The molecule has 6 nitrogen and oxygen atoms in total. The normalized spacial score (nSPS) is 23.6. The minimum atomic E-state index is -2.49. The summed E-state index contributed by atoms with van der Waals surface area (Å²) in [5.41, 5.74) is 3.25. The first-order chi connectivity index (χ1) is 18.1. The van der Waals surface area contributed by atoms with E-state index in [0.29, 0.717) is 17.2 Å². The highest BCUT2D eigenvalue weighted by Gasteiger charge is 2.48. The Labute approximate surface area is 226 Å². The Kier molecular flexibility index (Phi) is 7.52. The number of carbonyl (C=O) groups excluding carboxylic acids is 2. The average Bonchev–Trinajstić information content (AvgIpc) is 3.17. The summed E-state index contributed by atoms with van der Waals surface area (Å²) >= 11 is 1.51. The third kappa shape index (κ3) is 5.07. The molecule has 0 radical (unpaired) electrons. The summed E-state index contributed by atoms with van der Waals surface area (Å²) in [5, 5.41) is 3.91. The Balaban J connectivity index is 1.32. The lowest BCUT2D eigenvalue weighted by Gasteiger charge is -2.46. The molecular formula is C29H36F2N4O2S. The summed E-state index contributed by atoms with van der Waals surface area (Å²) in [7, 11) is 0. The summed E-state index contributed by atoms with van der Waals surface area (Å²) in [4.78, 5) is 33.3. The molecule has 1 N–H and O–H groups in total. The molecule has 38 heavy (non-hydrogen) atoms. The molecule has 5 rings (SSSR count). The number of aliphatic imine (C=N–C) groups is 1. The van der Waals surface area contributed by atoms with Crippen molar-refractivity contribution in [2.45, 2.75) is 64.5 Å². The number of piperidine rings is 1. The van der Waals surface area contributed by atoms with E-state index < -0.39 is 11.8 Å². The predicted octanol–water partition coefficient (Wildman–Crippen LogP) is 5.61. The number of aromatic nitrogens is 1. The van der Waals surface area contributed by atoms with Gasteiger partial charge in [-0.05, 0) is 71.0 Å². The molecule has 2 aliphatic heterocycles. The number of dihydropyridines is 1. The molecule has 1 aromatic heterocycles. The van der Waals surface area contributed by atoms with E-state index in [-0.39, 0.29) is 43.3 Å². The summed E-state index contributed by atoms with van der Waals surface area (Å²) in [6.45, 7) is 7.87. The molecule has 3 aliphatic rings. The second-order valence-corrected chi connectivity index (χ2v) is 11.9. The number of carbonyl (C=O) groups is 2. The Morgan fingerprint density at radius 2 is 1.89 bits per heavy atom. The van der Waals surface area contributed by atoms with Crippen molar-refractivity contribution in [2.24, 2.45) is 16.8 Å². The third-order valence-electron chi connectivity index (χ3n) is 8.61. The van der Waals surface area contributed by atoms with Crippen LogP contribution in [0, 0.1) is 18.8 Å². The number of fused-ring (bicyclic) bond motifs is 1. The molecule has 1 saturated carbocycles. The zero-order valence-electron chi connectivity index (χ0n) is 22.5. The van der Waals surface area contributed by atoms with E-state index in [1.807, 2.05) is 37.5 Å². The van der Waals surface area contributed by atoms with E-state index in [4.69, 9.17) is 0 Å². The molecule has 3 heterocycles. The molecule has 2 fully saturated rings. The van der Waals surface area contributed by atoms with Gasteiger partial charge < -0.3 is 9.88 Å². The van der Waals surface area contributed by atoms with Gasteiger partial charge in [-0.15, -0.1) is 11.8 Å². The van der Waals surface area contributed by atoms with Crippen LogP contribution in [0.3, 0.4) is 0 Å². The van der Waals surface area contributed by atoms with Crippen LogP contribution in [0.1, 0.15) is 61.6 Å². The molecule has 2 atom stereocenters. The maximum Gasteiger partial charge on any atom is 0.255 e. The number of para-hydroxylation sites is 1. The first-order valence-electron chi connectivity index (χ1n) is 13.4. The highest BCUT2D eigenvalue weighted by atomic mass is 32.2. The quantitative estimate of drug-likeness (QED) is 0.494. The summed E-state index contributed by atoms with van der Waals surface area (Å²) in [6.07, 6.45) is 5.70. The van der Waals surface area contributed by atoms with Crippen molar-refractivity contribution >= 4 is 40.2 Å². The fourth-order valence-corrected chi connectivity index (χ4v) is 7.21. The monoisotopic (exact) mass is 542 g/mol. The minimum Gasteiger partial charge on any atom is -0.351 e. The van der Waals surface area contributed by atoms with Crippen LogP contribution in [-0.2, 0) is 4.79 Å². The standard InChI is InChI=1S/C29H36F2N4O2S/c1-17-13-25(38-4)23(27(36)33-17)16-32-28(37)26-19(3)35(24-8-6-5-7-22(24)26)18(2)20-9-11-34(12-10-20)21-14-29(30,31)15-21/h5-8,13,18,20-21,23H,9-12,14-16H2,1-4H3,(H,32,37)/t18-,23?/m1/s1. The maximum atomic E-state index is 13.5. The van der Waals surface area contributed by atoms with Gasteiger partial charge in [-0.2, -0.15) is 0 Å². The Morgan fingerprint density at radius 3 is 2.55 bits per heavy atom. The van der Waals surface area contributed by atoms with Crippen LogP contribution in [-0.4, -0.2) is 64.8 Å². The third-order valence-corrected chi connectivity index (χ3v) is 9.49. The van der Waals surface area contributed by atoms with Gasteiger partial charge in [0, 0.05) is 58.7 Å². The van der Waals surface area contributed by atoms with Gasteiger partial charge in [-0.25, -0.2) is 13.8 Å². The van der Waals surface area contributed by atoms with Crippen molar-refractivity contribution in [1.82, 2.24) is 14.8 Å². The molecule has 204 valence electrons. The first kappa shape index (κ1) is 27.1. The summed E-state index contributed by atoms with van der Waals surface area (Å²) in [5.74, 6) is -2.97. The number of allylic oxidation sites excluding steroid dienone is 1. The van der Waals surface area contributed by atoms with Gasteiger partial charge in [-0.3, -0.25) is 14.5 Å². The topological polar surface area (TPSA) is 66.7 Å². The van der Waals surface area contributed by atoms with Gasteiger partial charge in [0.15, 0.2) is 0 Å². The fraction of sp³-hybridized carbons (Fsp3) is 0.552. The van der Waals surface area contributed by atoms with Crippen molar-refractivity contribution in [3.63, 3.8) is 0 Å². The van der Waals surface area contributed by atoms with E-state index in [0.717, 1.165) is 47.4 Å². The van der Waals surface area contributed by atoms with E-state index >= 15 is 0 Å². The number of hydrogen-bond acceptors (Lipinski definition) is 4. The molecular weight excluding hydrogens is 506 g/mol. The zero-order chi connectivity index (χ0) is 27.2. The number of alkyl halides is 2. The lowest BCUT2D eigenvalue weighted by atomic mass is 9.83. The van der Waals surface area contributed by atoms with Crippen LogP contribution < -0.4 is 5.32 Å². The number of benzene rings is 1. The van der Waals surface area contributed by atoms with Gasteiger partial charge >= 0.3 is 0 Å². The van der Waals surface area contributed by atoms with Gasteiger partial charge in [0.25, 0.3) is 17.7 Å². The van der Waals surface area contributed by atoms with Crippen molar-refractivity contribution in [1.29, 1.82) is 0 Å². The number of rotatable bonds is 7. The Hall–Kier alpha value is -2.52. The molecule has 1 saturated heterocycles. The maximum absolute atomic E-state index is 13.5. The van der Waals surface area contributed by atoms with E-state index in [2.05, 4.69) is 32.8 Å². The largest absolute Gasteiger partial charge is 0.351 e. The molecule has 2 aromatic rings. The van der Waals surface area contributed by atoms with Gasteiger partial charge in [0.2, 0.25) is 0 Å². The van der Waals surface area contributed by atoms with Crippen LogP contribution in [0.4, 0.5) is 8.78 Å². The molecule has 0 bridgehead atoms. The van der Waals surface area contributed by atoms with Gasteiger partial charge in [-0.1, -0.05) is 18.2 Å². The molecule has 1 aliphatic carbocycles. The van der Waals surface area contributed by atoms with E-state index in [1.54, 1.807) is 6.92 Å². The SMILES string of the molecule is CSC1=CC(C)=NC(=O)C1CNC(=O)c1c(C)n([C@H](C)C2CCN(C3CC(F)(F)C3)CC2)c2ccccc12. The van der Waals surface area contributed by atoms with Crippen molar-refractivity contribution in [3.05, 3.63) is 46.5 Å². The second-order valence-electron chi connectivity index (χ2n) is 11.0. The molecule has 0 spiro atoms. The number of nitrogens with zero attached hydrogens (tertiary/aromatic N) is 3. The first-order valence-corrected chi connectivity index (χ1v) is 14.7. The Morgan fingerprint density at radius 1 is 1.21 bits per heavy atom. The number of amides is 2. The molecule has 1 aromatic carbocycles. The smallest absolute Gasteiger partial charge is 0.255 e. The van der Waals surface area contributed by atoms with Crippen LogP contribution >= 0.6 is 11.8 Å². The molecule has 1 unspecified atom stereocenters. The van der Waals surface area contributed by atoms with E-state index in [9.17, 15) is 18.4 Å².